The molecule has 0 spiro atoms. The van der Waals surface area contributed by atoms with Crippen LogP contribution in [0.4, 0.5) is 0 Å². The van der Waals surface area contributed by atoms with E-state index in [0.29, 0.717) is 12.2 Å². The molecule has 20 heavy (non-hydrogen) atoms. The lowest BCUT2D eigenvalue weighted by molar-refractivity contribution is 0.272. The predicted molar refractivity (Wildman–Crippen MR) is 81.9 cm³/mol. The number of fused-ring (bicyclic) bond motifs is 1. The molecule has 0 saturated heterocycles. The summed E-state index contributed by atoms with van der Waals surface area (Å²) in [5.74, 6) is 0. The third-order valence-electron chi connectivity index (χ3n) is 4.03. The molecule has 0 saturated carbocycles. The van der Waals surface area contributed by atoms with Gasteiger partial charge in [0.05, 0.1) is 23.9 Å². The summed E-state index contributed by atoms with van der Waals surface area (Å²) in [5.41, 5.74) is 2.32. The Hall–Kier alpha value is -1.64. The molecule has 0 atom stereocenters. The van der Waals surface area contributed by atoms with Crippen molar-refractivity contribution in [3.8, 4) is 6.07 Å². The van der Waals surface area contributed by atoms with Gasteiger partial charge in [-0.25, -0.2) is 4.98 Å². The Kier molecular flexibility index (Phi) is 3.72. The van der Waals surface area contributed by atoms with E-state index in [9.17, 15) is 0 Å². The molecule has 0 radical (unpaired) electrons. The van der Waals surface area contributed by atoms with E-state index >= 15 is 0 Å². The molecule has 4 nitrogen and oxygen atoms in total. The second kappa shape index (κ2) is 5.04. The largest absolute Gasteiger partial charge is 0.411 e. The van der Waals surface area contributed by atoms with Gasteiger partial charge in [0.25, 0.3) is 0 Å². The summed E-state index contributed by atoms with van der Waals surface area (Å²) in [6.45, 7) is 11.7. The van der Waals surface area contributed by atoms with Crippen molar-refractivity contribution in [3.63, 3.8) is 0 Å². The van der Waals surface area contributed by atoms with Crippen LogP contribution in [0.2, 0.25) is 18.1 Å². The zero-order chi connectivity index (χ0) is 15.0. The van der Waals surface area contributed by atoms with Crippen molar-refractivity contribution < 1.29 is 4.43 Å². The highest BCUT2D eigenvalue weighted by molar-refractivity contribution is 6.74. The smallest absolute Gasteiger partial charge is 0.192 e. The van der Waals surface area contributed by atoms with E-state index in [0.717, 1.165) is 11.3 Å². The first-order chi connectivity index (χ1) is 9.23. The monoisotopic (exact) mass is 287 g/mol. The van der Waals surface area contributed by atoms with Crippen LogP contribution >= 0.6 is 0 Å². The topological polar surface area (TPSA) is 50.3 Å². The zero-order valence-electron chi connectivity index (χ0n) is 12.8. The van der Waals surface area contributed by atoms with E-state index in [1.54, 1.807) is 12.1 Å². The van der Waals surface area contributed by atoms with Gasteiger partial charge in [-0.3, -0.25) is 0 Å². The number of hydrogen-bond donors (Lipinski definition) is 0. The summed E-state index contributed by atoms with van der Waals surface area (Å²) in [4.78, 5) is 4.52. The minimum atomic E-state index is -1.76. The predicted octanol–water partition coefficient (Wildman–Crippen LogP) is 3.73. The van der Waals surface area contributed by atoms with Crippen LogP contribution in [0.5, 0.6) is 0 Å². The molecular weight excluding hydrogens is 266 g/mol. The Morgan fingerprint density at radius 2 is 2.10 bits per heavy atom. The number of aromatic nitrogens is 2. The highest BCUT2D eigenvalue weighted by Crippen LogP contribution is 2.36. The van der Waals surface area contributed by atoms with Crippen LogP contribution in [0.15, 0.2) is 24.5 Å². The van der Waals surface area contributed by atoms with Gasteiger partial charge in [-0.05, 0) is 30.3 Å². The van der Waals surface area contributed by atoms with Crippen molar-refractivity contribution in [2.24, 2.45) is 0 Å². The van der Waals surface area contributed by atoms with E-state index < -0.39 is 8.32 Å². The maximum Gasteiger partial charge on any atom is 0.192 e. The molecule has 0 aliphatic carbocycles. The highest BCUT2D eigenvalue weighted by Gasteiger charge is 2.37. The van der Waals surface area contributed by atoms with Crippen molar-refractivity contribution in [2.45, 2.75) is 45.5 Å². The fourth-order valence-electron chi connectivity index (χ4n) is 1.64. The molecule has 2 aromatic heterocycles. The number of imidazole rings is 1. The molecule has 0 N–H and O–H groups in total. The minimum Gasteiger partial charge on any atom is -0.411 e. The summed E-state index contributed by atoms with van der Waals surface area (Å²) in [5, 5.41) is 9.09. The molecule has 2 heterocycles. The van der Waals surface area contributed by atoms with Gasteiger partial charge in [0.2, 0.25) is 0 Å². The molecular formula is C15H21N3OSi. The Bertz CT molecular complexity index is 662. The third-order valence-corrected chi connectivity index (χ3v) is 8.50. The molecule has 0 unspecified atom stereocenters. The maximum atomic E-state index is 8.90. The third kappa shape index (κ3) is 2.92. The van der Waals surface area contributed by atoms with Gasteiger partial charge in [-0.2, -0.15) is 5.26 Å². The van der Waals surface area contributed by atoms with Crippen LogP contribution in [0.25, 0.3) is 5.65 Å². The molecule has 0 fully saturated rings. The summed E-state index contributed by atoms with van der Waals surface area (Å²) in [6.07, 6.45) is 3.82. The number of rotatable bonds is 3. The number of pyridine rings is 1. The molecule has 0 aliphatic rings. The lowest BCUT2D eigenvalue weighted by Gasteiger charge is -2.35. The first-order valence-electron chi connectivity index (χ1n) is 6.75. The molecule has 106 valence electrons. The highest BCUT2D eigenvalue weighted by atomic mass is 28.4. The van der Waals surface area contributed by atoms with Crippen molar-refractivity contribution in [1.29, 1.82) is 5.26 Å². The average Bonchev–Trinajstić information content (AvgIpc) is 2.76. The summed E-state index contributed by atoms with van der Waals surface area (Å²) in [6, 6.07) is 5.70. The SMILES string of the molecule is CC(C)(C)[Si](C)(C)OCc1cn2ccc(C#N)cc2n1. The van der Waals surface area contributed by atoms with Crippen LogP contribution in [0.1, 0.15) is 32.0 Å². The maximum absolute atomic E-state index is 8.90. The Balaban J connectivity index is 2.17. The van der Waals surface area contributed by atoms with E-state index in [2.05, 4.69) is 44.9 Å². The van der Waals surface area contributed by atoms with Crippen LogP contribution in [-0.4, -0.2) is 17.7 Å². The van der Waals surface area contributed by atoms with Gasteiger partial charge >= 0.3 is 0 Å². The van der Waals surface area contributed by atoms with Crippen LogP contribution in [0, 0.1) is 11.3 Å². The molecule has 2 aromatic rings. The van der Waals surface area contributed by atoms with Gasteiger partial charge in [0.15, 0.2) is 8.32 Å². The Morgan fingerprint density at radius 1 is 1.40 bits per heavy atom. The van der Waals surface area contributed by atoms with E-state index in [1.165, 1.54) is 0 Å². The van der Waals surface area contributed by atoms with E-state index in [-0.39, 0.29) is 5.04 Å². The van der Waals surface area contributed by atoms with Gasteiger partial charge in [0.1, 0.15) is 5.65 Å². The number of nitriles is 1. The summed E-state index contributed by atoms with van der Waals surface area (Å²) >= 11 is 0. The average molecular weight is 287 g/mol. The van der Waals surface area contributed by atoms with Crippen LogP contribution in [0.3, 0.4) is 0 Å². The van der Waals surface area contributed by atoms with Crippen LogP contribution < -0.4 is 0 Å². The first-order valence-corrected chi connectivity index (χ1v) is 9.65. The molecule has 0 amide bonds. The number of hydrogen-bond acceptors (Lipinski definition) is 3. The Morgan fingerprint density at radius 3 is 2.70 bits per heavy atom. The van der Waals surface area contributed by atoms with Gasteiger partial charge in [-0.15, -0.1) is 0 Å². The van der Waals surface area contributed by atoms with Crippen molar-refractivity contribution in [2.75, 3.05) is 0 Å². The summed E-state index contributed by atoms with van der Waals surface area (Å²) in [7, 11) is -1.76. The van der Waals surface area contributed by atoms with Gasteiger partial charge in [0, 0.05) is 12.4 Å². The molecule has 0 aromatic carbocycles. The molecule has 0 bridgehead atoms. The van der Waals surface area contributed by atoms with Crippen molar-refractivity contribution in [1.82, 2.24) is 9.38 Å². The quantitative estimate of drug-likeness (QED) is 0.808. The fraction of sp³-hybridized carbons (Fsp3) is 0.467. The van der Waals surface area contributed by atoms with E-state index in [1.807, 2.05) is 16.8 Å². The fourth-order valence-corrected chi connectivity index (χ4v) is 2.59. The Labute approximate surface area is 121 Å². The number of nitrogens with zero attached hydrogens (tertiary/aromatic N) is 3. The molecule has 5 heteroatoms. The van der Waals surface area contributed by atoms with Crippen molar-refractivity contribution in [3.05, 3.63) is 35.8 Å². The minimum absolute atomic E-state index is 0.195. The second-order valence-electron chi connectivity index (χ2n) is 6.57. The normalized spacial score (nSPS) is 12.6. The lowest BCUT2D eigenvalue weighted by Crippen LogP contribution is -2.40. The van der Waals surface area contributed by atoms with Crippen LogP contribution in [-0.2, 0) is 11.0 Å². The zero-order valence-corrected chi connectivity index (χ0v) is 13.8. The molecule has 2 rings (SSSR count). The van der Waals surface area contributed by atoms with Crippen molar-refractivity contribution >= 4 is 14.0 Å². The van der Waals surface area contributed by atoms with Gasteiger partial charge in [-0.1, -0.05) is 20.8 Å². The lowest BCUT2D eigenvalue weighted by atomic mass is 10.2. The summed E-state index contributed by atoms with van der Waals surface area (Å²) < 4.78 is 8.09. The standard InChI is InChI=1S/C15H21N3OSi/c1-15(2,3)20(4,5)19-11-13-10-18-7-6-12(9-16)8-14(18)17-13/h6-8,10H,11H2,1-5H3. The van der Waals surface area contributed by atoms with E-state index in [4.69, 9.17) is 9.69 Å². The van der Waals surface area contributed by atoms with Gasteiger partial charge < -0.3 is 8.83 Å². The first kappa shape index (κ1) is 14.8. The molecule has 0 aliphatic heterocycles. The second-order valence-corrected chi connectivity index (χ2v) is 11.4.